The third-order valence-electron chi connectivity index (χ3n) is 2.17. The van der Waals surface area contributed by atoms with E-state index in [4.69, 9.17) is 0 Å². The highest BCUT2D eigenvalue weighted by molar-refractivity contribution is 7.09. The van der Waals surface area contributed by atoms with E-state index in [-0.39, 0.29) is 11.2 Å². The Labute approximate surface area is 90.0 Å². The van der Waals surface area contributed by atoms with Gasteiger partial charge in [-0.15, -0.1) is 11.3 Å². The van der Waals surface area contributed by atoms with E-state index in [9.17, 15) is 9.59 Å². The van der Waals surface area contributed by atoms with Gasteiger partial charge in [0.05, 0.1) is 6.54 Å². The quantitative estimate of drug-likeness (QED) is 0.749. The summed E-state index contributed by atoms with van der Waals surface area (Å²) in [5.74, 6) is 0. The second-order valence-corrected chi connectivity index (χ2v) is 4.24. The lowest BCUT2D eigenvalue weighted by Gasteiger charge is -2.04. The van der Waals surface area contributed by atoms with Crippen molar-refractivity contribution < 1.29 is 0 Å². The molecule has 0 unspecified atom stereocenters. The fraction of sp³-hybridized carbons (Fsp3) is 0.200. The van der Waals surface area contributed by atoms with Crippen LogP contribution in [0.15, 0.2) is 39.4 Å². The monoisotopic (exact) mass is 222 g/mol. The molecule has 2 aromatic rings. The Morgan fingerprint density at radius 2 is 2.13 bits per heavy atom. The summed E-state index contributed by atoms with van der Waals surface area (Å²) < 4.78 is 2.63. The number of thiophene rings is 1. The summed E-state index contributed by atoms with van der Waals surface area (Å²) in [6, 6.07) is 5.30. The standard InChI is InChI=1S/C10H10N2O2S/c1-11-9(13)4-5-12(10(11)14)7-8-3-2-6-15-8/h2-6H,7H2,1H3. The van der Waals surface area contributed by atoms with E-state index < -0.39 is 0 Å². The van der Waals surface area contributed by atoms with E-state index in [2.05, 4.69) is 0 Å². The Balaban J connectivity index is 2.43. The van der Waals surface area contributed by atoms with Gasteiger partial charge in [-0.25, -0.2) is 4.79 Å². The minimum Gasteiger partial charge on any atom is -0.295 e. The predicted molar refractivity (Wildman–Crippen MR) is 59.4 cm³/mol. The number of aromatic nitrogens is 2. The first kappa shape index (κ1) is 9.92. The average molecular weight is 222 g/mol. The Morgan fingerprint density at radius 1 is 1.33 bits per heavy atom. The van der Waals surface area contributed by atoms with Gasteiger partial charge in [-0.1, -0.05) is 6.07 Å². The SMILES string of the molecule is Cn1c(=O)ccn(Cc2cccs2)c1=O. The summed E-state index contributed by atoms with van der Waals surface area (Å²) in [6.07, 6.45) is 1.53. The van der Waals surface area contributed by atoms with E-state index in [1.807, 2.05) is 17.5 Å². The van der Waals surface area contributed by atoms with Gasteiger partial charge < -0.3 is 0 Å². The summed E-state index contributed by atoms with van der Waals surface area (Å²) in [5.41, 5.74) is -0.557. The molecule has 2 rings (SSSR count). The molecule has 0 saturated carbocycles. The van der Waals surface area contributed by atoms with Crippen LogP contribution >= 0.6 is 11.3 Å². The van der Waals surface area contributed by atoms with Crippen molar-refractivity contribution in [3.63, 3.8) is 0 Å². The van der Waals surface area contributed by atoms with Gasteiger partial charge in [-0.05, 0) is 11.4 Å². The van der Waals surface area contributed by atoms with Gasteiger partial charge in [0.15, 0.2) is 0 Å². The first-order valence-electron chi connectivity index (χ1n) is 4.47. The van der Waals surface area contributed by atoms with E-state index >= 15 is 0 Å². The normalized spacial score (nSPS) is 10.5. The molecule has 0 atom stereocenters. The van der Waals surface area contributed by atoms with E-state index in [1.165, 1.54) is 23.9 Å². The van der Waals surface area contributed by atoms with Crippen molar-refractivity contribution in [1.82, 2.24) is 9.13 Å². The van der Waals surface area contributed by atoms with Gasteiger partial charge in [-0.3, -0.25) is 13.9 Å². The maximum atomic E-state index is 11.6. The molecule has 0 bridgehead atoms. The minimum absolute atomic E-state index is 0.276. The lowest BCUT2D eigenvalue weighted by molar-refractivity contribution is 0.650. The second-order valence-electron chi connectivity index (χ2n) is 3.20. The van der Waals surface area contributed by atoms with Gasteiger partial charge in [0.1, 0.15) is 0 Å². The number of rotatable bonds is 2. The summed E-state index contributed by atoms with van der Waals surface area (Å²) in [4.78, 5) is 23.9. The fourth-order valence-electron chi connectivity index (χ4n) is 1.31. The van der Waals surface area contributed by atoms with Crippen LogP contribution in [0.4, 0.5) is 0 Å². The molecule has 0 N–H and O–H groups in total. The van der Waals surface area contributed by atoms with E-state index in [0.29, 0.717) is 6.54 Å². The van der Waals surface area contributed by atoms with Crippen molar-refractivity contribution in [3.8, 4) is 0 Å². The topological polar surface area (TPSA) is 44.0 Å². The molecule has 5 heteroatoms. The average Bonchev–Trinajstić information content (AvgIpc) is 2.72. The second kappa shape index (κ2) is 3.86. The highest BCUT2D eigenvalue weighted by atomic mass is 32.1. The zero-order valence-electron chi connectivity index (χ0n) is 8.21. The smallest absolute Gasteiger partial charge is 0.295 e. The Morgan fingerprint density at radius 3 is 2.80 bits per heavy atom. The molecule has 4 nitrogen and oxygen atoms in total. The molecule has 0 aliphatic heterocycles. The van der Waals surface area contributed by atoms with Crippen LogP contribution in [0.3, 0.4) is 0 Å². The summed E-state index contributed by atoms with van der Waals surface area (Å²) >= 11 is 1.59. The molecule has 0 radical (unpaired) electrons. The van der Waals surface area contributed by atoms with Crippen LogP contribution in [-0.4, -0.2) is 9.13 Å². The Kier molecular flexibility index (Phi) is 2.55. The molecule has 2 heterocycles. The molecule has 0 aliphatic carbocycles. The lowest BCUT2D eigenvalue weighted by atomic mass is 10.4. The zero-order chi connectivity index (χ0) is 10.8. The molecule has 2 aromatic heterocycles. The first-order valence-corrected chi connectivity index (χ1v) is 5.35. The Hall–Kier alpha value is -1.62. The predicted octanol–water partition coefficient (Wildman–Crippen LogP) is 0.657. The van der Waals surface area contributed by atoms with Crippen molar-refractivity contribution in [2.75, 3.05) is 0 Å². The van der Waals surface area contributed by atoms with E-state index in [0.717, 1.165) is 9.44 Å². The maximum absolute atomic E-state index is 11.6. The highest BCUT2D eigenvalue weighted by Crippen LogP contribution is 2.08. The van der Waals surface area contributed by atoms with Gasteiger partial charge in [0.25, 0.3) is 5.56 Å². The van der Waals surface area contributed by atoms with Crippen molar-refractivity contribution >= 4 is 11.3 Å². The molecule has 0 saturated heterocycles. The number of nitrogens with zero attached hydrogens (tertiary/aromatic N) is 2. The molecule has 0 aromatic carbocycles. The zero-order valence-corrected chi connectivity index (χ0v) is 9.03. The molecular formula is C10H10N2O2S. The number of hydrogen-bond donors (Lipinski definition) is 0. The molecule has 15 heavy (non-hydrogen) atoms. The van der Waals surface area contributed by atoms with Crippen LogP contribution < -0.4 is 11.2 Å². The first-order chi connectivity index (χ1) is 7.18. The lowest BCUT2D eigenvalue weighted by Crippen LogP contribution is -2.36. The van der Waals surface area contributed by atoms with Crippen LogP contribution in [-0.2, 0) is 13.6 Å². The van der Waals surface area contributed by atoms with Crippen LogP contribution in [0.2, 0.25) is 0 Å². The van der Waals surface area contributed by atoms with Crippen LogP contribution in [0.5, 0.6) is 0 Å². The van der Waals surface area contributed by atoms with Crippen molar-refractivity contribution in [2.24, 2.45) is 7.05 Å². The van der Waals surface area contributed by atoms with Crippen molar-refractivity contribution in [3.05, 3.63) is 55.5 Å². The third-order valence-corrected chi connectivity index (χ3v) is 3.03. The Bertz CT molecular complexity index is 566. The van der Waals surface area contributed by atoms with Crippen LogP contribution in [0.1, 0.15) is 4.88 Å². The summed E-state index contributed by atoms with van der Waals surface area (Å²) in [7, 11) is 1.48. The molecular weight excluding hydrogens is 212 g/mol. The van der Waals surface area contributed by atoms with Crippen LogP contribution in [0, 0.1) is 0 Å². The maximum Gasteiger partial charge on any atom is 0.331 e. The van der Waals surface area contributed by atoms with Gasteiger partial charge in [-0.2, -0.15) is 0 Å². The molecule has 0 spiro atoms. The van der Waals surface area contributed by atoms with Crippen molar-refractivity contribution in [1.29, 1.82) is 0 Å². The molecule has 0 fully saturated rings. The highest BCUT2D eigenvalue weighted by Gasteiger charge is 2.02. The van der Waals surface area contributed by atoms with Gasteiger partial charge in [0, 0.05) is 24.2 Å². The van der Waals surface area contributed by atoms with Crippen molar-refractivity contribution in [2.45, 2.75) is 6.54 Å². The minimum atomic E-state index is -0.282. The molecule has 78 valence electrons. The van der Waals surface area contributed by atoms with Gasteiger partial charge >= 0.3 is 5.69 Å². The summed E-state index contributed by atoms with van der Waals surface area (Å²) in [5, 5.41) is 1.96. The van der Waals surface area contributed by atoms with Gasteiger partial charge in [0.2, 0.25) is 0 Å². The molecule has 0 aliphatic rings. The number of hydrogen-bond acceptors (Lipinski definition) is 3. The summed E-state index contributed by atoms with van der Waals surface area (Å²) in [6.45, 7) is 0.518. The fourth-order valence-corrected chi connectivity index (χ4v) is 2.01. The van der Waals surface area contributed by atoms with Crippen LogP contribution in [0.25, 0.3) is 0 Å². The van der Waals surface area contributed by atoms with E-state index in [1.54, 1.807) is 11.3 Å². The third kappa shape index (κ3) is 1.92. The largest absolute Gasteiger partial charge is 0.331 e. The molecule has 0 amide bonds.